The lowest BCUT2D eigenvalue weighted by atomic mass is 9.94. The van der Waals surface area contributed by atoms with Crippen molar-refractivity contribution in [3.05, 3.63) is 41.7 Å². The van der Waals surface area contributed by atoms with Crippen LogP contribution in [0.4, 0.5) is 0 Å². The maximum absolute atomic E-state index is 10.6. The van der Waals surface area contributed by atoms with Crippen molar-refractivity contribution in [1.82, 2.24) is 0 Å². The number of methoxy groups -OCH3 is 1. The van der Waals surface area contributed by atoms with Gasteiger partial charge in [0.25, 0.3) is 0 Å². The summed E-state index contributed by atoms with van der Waals surface area (Å²) in [4.78, 5) is 20.9. The summed E-state index contributed by atoms with van der Waals surface area (Å²) in [6, 6.07) is 0. The Kier molecular flexibility index (Phi) is 3.66. The molecule has 15 heavy (non-hydrogen) atoms. The Morgan fingerprint density at radius 1 is 1.67 bits per heavy atom. The van der Waals surface area contributed by atoms with E-state index in [9.17, 15) is 9.59 Å². The average molecular weight is 206 g/mol. The third-order valence-electron chi connectivity index (χ3n) is 1.92. The van der Waals surface area contributed by atoms with Crippen LogP contribution >= 0.6 is 0 Å². The van der Waals surface area contributed by atoms with Gasteiger partial charge in [0.05, 0.1) is 12.7 Å². The number of hydrogen-bond donors (Lipinski definition) is 1. The summed E-state index contributed by atoms with van der Waals surface area (Å²) in [6.45, 7) is 0. The van der Waals surface area contributed by atoms with E-state index < -0.39 is 5.97 Å². The van der Waals surface area contributed by atoms with Crippen molar-refractivity contribution in [3.8, 4) is 0 Å². The van der Waals surface area contributed by atoms with Gasteiger partial charge in [-0.25, -0.2) is 9.59 Å². The summed E-state index contributed by atoms with van der Waals surface area (Å²) in [5.74, 6) is 0.911. The molecule has 0 aromatic heterocycles. The lowest BCUT2D eigenvalue weighted by Gasteiger charge is -2.12. The molecule has 0 heterocycles. The quantitative estimate of drug-likeness (QED) is 0.554. The molecule has 4 heteroatoms. The summed E-state index contributed by atoms with van der Waals surface area (Å²) in [7, 11) is 1.49. The zero-order chi connectivity index (χ0) is 11.3. The van der Waals surface area contributed by atoms with E-state index in [0.717, 1.165) is 6.08 Å². The monoisotopic (exact) mass is 206 g/mol. The normalized spacial score (nSPS) is 19.9. The Balaban J connectivity index is 2.88. The van der Waals surface area contributed by atoms with Crippen molar-refractivity contribution in [2.75, 3.05) is 7.11 Å². The Bertz CT molecular complexity index is 395. The lowest BCUT2D eigenvalue weighted by molar-refractivity contribution is -0.131. The summed E-state index contributed by atoms with van der Waals surface area (Å²) in [5.41, 5.74) is 0.354. The third kappa shape index (κ3) is 2.97. The van der Waals surface area contributed by atoms with Crippen molar-refractivity contribution in [2.24, 2.45) is 5.92 Å². The molecule has 0 fully saturated rings. The predicted molar refractivity (Wildman–Crippen MR) is 53.7 cm³/mol. The van der Waals surface area contributed by atoms with Crippen molar-refractivity contribution in [3.63, 3.8) is 0 Å². The van der Waals surface area contributed by atoms with Crippen LogP contribution in [0.15, 0.2) is 41.7 Å². The van der Waals surface area contributed by atoms with Crippen LogP contribution in [0.1, 0.15) is 0 Å². The second-order valence-corrected chi connectivity index (χ2v) is 2.89. The van der Waals surface area contributed by atoms with Gasteiger partial charge in [0.15, 0.2) is 0 Å². The number of allylic oxidation sites excluding steroid dienone is 5. The molecule has 0 bridgehead atoms. The summed E-state index contributed by atoms with van der Waals surface area (Å²) >= 11 is 0. The lowest BCUT2D eigenvalue weighted by Crippen LogP contribution is -2.03. The van der Waals surface area contributed by atoms with Crippen LogP contribution in [0.5, 0.6) is 0 Å². The highest BCUT2D eigenvalue weighted by atomic mass is 16.5. The number of hydrogen-bond acceptors (Lipinski definition) is 3. The van der Waals surface area contributed by atoms with Gasteiger partial charge in [-0.05, 0) is 12.2 Å². The van der Waals surface area contributed by atoms with Gasteiger partial charge in [-0.2, -0.15) is 0 Å². The molecule has 0 aromatic rings. The van der Waals surface area contributed by atoms with Crippen LogP contribution in [-0.4, -0.2) is 24.1 Å². The van der Waals surface area contributed by atoms with E-state index in [0.29, 0.717) is 11.3 Å². The first kappa shape index (κ1) is 11.0. The Morgan fingerprint density at radius 2 is 2.40 bits per heavy atom. The molecule has 0 spiro atoms. The Labute approximate surface area is 86.9 Å². The molecule has 1 rings (SSSR count). The van der Waals surface area contributed by atoms with E-state index in [1.165, 1.54) is 19.3 Å². The van der Waals surface area contributed by atoms with Crippen molar-refractivity contribution < 1.29 is 19.4 Å². The van der Waals surface area contributed by atoms with Crippen molar-refractivity contribution in [2.45, 2.75) is 0 Å². The first-order valence-corrected chi connectivity index (χ1v) is 4.27. The number of carboxylic acids is 1. The molecule has 1 aliphatic carbocycles. The first-order chi connectivity index (χ1) is 7.17. The number of carboxylic acid groups (broad SMARTS) is 1. The number of carbonyl (C=O) groups excluding carboxylic acids is 1. The molecular weight excluding hydrogens is 196 g/mol. The van der Waals surface area contributed by atoms with Gasteiger partial charge < -0.3 is 9.84 Å². The summed E-state index contributed by atoms with van der Waals surface area (Å²) in [6.07, 6.45) is 7.31. The first-order valence-electron chi connectivity index (χ1n) is 4.27. The second-order valence-electron chi connectivity index (χ2n) is 2.89. The molecule has 0 aliphatic heterocycles. The molecule has 78 valence electrons. The molecule has 0 saturated carbocycles. The molecule has 1 aliphatic rings. The fourth-order valence-corrected chi connectivity index (χ4v) is 1.18. The smallest absolute Gasteiger partial charge is 0.328 e. The third-order valence-corrected chi connectivity index (χ3v) is 1.92. The maximum atomic E-state index is 10.6. The summed E-state index contributed by atoms with van der Waals surface area (Å²) in [5, 5.41) is 8.44. The minimum absolute atomic E-state index is 0.350. The zero-order valence-corrected chi connectivity index (χ0v) is 8.14. The predicted octanol–water partition coefficient (Wildman–Crippen LogP) is 1.10. The van der Waals surface area contributed by atoms with Gasteiger partial charge in [0.2, 0.25) is 0 Å². The largest absolute Gasteiger partial charge is 0.497 e. The number of aliphatic carboxylic acids is 1. The second kappa shape index (κ2) is 4.98. The highest BCUT2D eigenvalue weighted by molar-refractivity contribution is 5.80. The number of rotatable bonds is 3. The molecule has 1 unspecified atom stereocenters. The minimum atomic E-state index is -1.05. The molecule has 0 aromatic carbocycles. The van der Waals surface area contributed by atoms with Crippen LogP contribution in [0, 0.1) is 5.92 Å². The van der Waals surface area contributed by atoms with Crippen molar-refractivity contribution >= 4 is 11.9 Å². The van der Waals surface area contributed by atoms with Gasteiger partial charge in [-0.15, -0.1) is 0 Å². The van der Waals surface area contributed by atoms with Gasteiger partial charge >= 0.3 is 5.97 Å². The molecular formula is C11H10O4. The molecule has 4 nitrogen and oxygen atoms in total. The topological polar surface area (TPSA) is 63.6 Å². The maximum Gasteiger partial charge on any atom is 0.328 e. The van der Waals surface area contributed by atoms with Crippen LogP contribution < -0.4 is 0 Å². The molecule has 1 atom stereocenters. The molecule has 0 saturated heterocycles. The van der Waals surface area contributed by atoms with E-state index in [-0.39, 0.29) is 5.92 Å². The van der Waals surface area contributed by atoms with Crippen LogP contribution in [0.3, 0.4) is 0 Å². The molecule has 0 radical (unpaired) electrons. The van der Waals surface area contributed by atoms with Crippen LogP contribution in [0.2, 0.25) is 0 Å². The fourth-order valence-electron chi connectivity index (χ4n) is 1.18. The Morgan fingerprint density at radius 3 is 2.93 bits per heavy atom. The summed E-state index contributed by atoms with van der Waals surface area (Å²) < 4.78 is 4.93. The average Bonchev–Trinajstić information content (AvgIpc) is 2.25. The van der Waals surface area contributed by atoms with Crippen LogP contribution in [-0.2, 0) is 14.3 Å². The van der Waals surface area contributed by atoms with E-state index in [2.05, 4.69) is 0 Å². The molecule has 0 amide bonds. The van der Waals surface area contributed by atoms with Crippen LogP contribution in [0.25, 0.3) is 0 Å². The number of ether oxygens (including phenoxy) is 1. The van der Waals surface area contributed by atoms with E-state index >= 15 is 0 Å². The van der Waals surface area contributed by atoms with Gasteiger partial charge in [-0.3, -0.25) is 0 Å². The van der Waals surface area contributed by atoms with E-state index in [1.807, 2.05) is 0 Å². The highest BCUT2D eigenvalue weighted by Crippen LogP contribution is 2.21. The van der Waals surface area contributed by atoms with E-state index in [1.54, 1.807) is 18.1 Å². The standard InChI is InChI=1S/C11H10O4/c1-15-10-4-2-8(3-5-11(13)14)9(6-10)7-12/h2-6,8H,1H3,(H,13,14). The van der Waals surface area contributed by atoms with Gasteiger partial charge in [0, 0.05) is 12.0 Å². The van der Waals surface area contributed by atoms with Gasteiger partial charge in [-0.1, -0.05) is 12.2 Å². The minimum Gasteiger partial charge on any atom is -0.497 e. The SMILES string of the molecule is COC1=CC(=C=O)C(C=CC(=O)O)C=C1. The highest BCUT2D eigenvalue weighted by Gasteiger charge is 2.13. The van der Waals surface area contributed by atoms with Crippen molar-refractivity contribution in [1.29, 1.82) is 0 Å². The fraction of sp³-hybridized carbons (Fsp3) is 0.182. The number of carbonyl (C=O) groups is 1. The molecule has 1 N–H and O–H groups in total. The van der Waals surface area contributed by atoms with Gasteiger partial charge in [0.1, 0.15) is 11.7 Å². The Hall–Kier alpha value is -2.06. The zero-order valence-electron chi connectivity index (χ0n) is 8.14. The van der Waals surface area contributed by atoms with E-state index in [4.69, 9.17) is 9.84 Å².